The first-order valence-corrected chi connectivity index (χ1v) is 7.90. The van der Waals surface area contributed by atoms with Gasteiger partial charge in [-0.1, -0.05) is 37.5 Å². The maximum atomic E-state index is 12.1. The van der Waals surface area contributed by atoms with E-state index < -0.39 is 0 Å². The van der Waals surface area contributed by atoms with Crippen LogP contribution in [0.5, 0.6) is 0 Å². The van der Waals surface area contributed by atoms with Gasteiger partial charge >= 0.3 is 0 Å². The van der Waals surface area contributed by atoms with E-state index in [-0.39, 0.29) is 5.91 Å². The van der Waals surface area contributed by atoms with Crippen molar-refractivity contribution in [1.29, 1.82) is 0 Å². The zero-order valence-corrected chi connectivity index (χ0v) is 12.6. The molecule has 0 unspecified atom stereocenters. The maximum Gasteiger partial charge on any atom is 0.255 e. The molecule has 0 atom stereocenters. The van der Waals surface area contributed by atoms with E-state index in [9.17, 15) is 4.79 Å². The average Bonchev–Trinajstić information content (AvgIpc) is 2.58. The highest BCUT2D eigenvalue weighted by Gasteiger charge is 2.13. The summed E-state index contributed by atoms with van der Waals surface area (Å²) in [4.78, 5) is 16.5. The van der Waals surface area contributed by atoms with Crippen LogP contribution in [0.15, 0.2) is 48.7 Å². The highest BCUT2D eigenvalue weighted by molar-refractivity contribution is 6.04. The fourth-order valence-electron chi connectivity index (χ4n) is 2.80. The third-order valence-electron chi connectivity index (χ3n) is 4.01. The third-order valence-corrected chi connectivity index (χ3v) is 4.01. The Morgan fingerprint density at radius 2 is 1.77 bits per heavy atom. The van der Waals surface area contributed by atoms with Gasteiger partial charge in [0.1, 0.15) is 5.82 Å². The van der Waals surface area contributed by atoms with Crippen LogP contribution < -0.4 is 10.6 Å². The van der Waals surface area contributed by atoms with Crippen molar-refractivity contribution < 1.29 is 4.79 Å². The average molecular weight is 295 g/mol. The minimum absolute atomic E-state index is 0.115. The molecule has 0 radical (unpaired) electrons. The van der Waals surface area contributed by atoms with Crippen molar-refractivity contribution in [1.82, 2.24) is 4.98 Å². The number of nitrogens with one attached hydrogen (secondary N) is 2. The molecule has 0 saturated heterocycles. The number of anilines is 2. The lowest BCUT2D eigenvalue weighted by Gasteiger charge is -2.23. The number of amides is 1. The molecule has 3 rings (SSSR count). The van der Waals surface area contributed by atoms with Gasteiger partial charge in [0.05, 0.1) is 11.9 Å². The van der Waals surface area contributed by atoms with Crippen LogP contribution in [-0.2, 0) is 0 Å². The minimum Gasteiger partial charge on any atom is -0.367 e. The number of hydrogen-bond donors (Lipinski definition) is 2. The van der Waals surface area contributed by atoms with Gasteiger partial charge in [0.2, 0.25) is 0 Å². The van der Waals surface area contributed by atoms with Crippen LogP contribution in [0.3, 0.4) is 0 Å². The summed E-state index contributed by atoms with van der Waals surface area (Å²) >= 11 is 0. The highest BCUT2D eigenvalue weighted by Crippen LogP contribution is 2.21. The molecular weight excluding hydrogens is 274 g/mol. The molecular formula is C18H21N3O. The summed E-state index contributed by atoms with van der Waals surface area (Å²) in [6.45, 7) is 0. The third kappa shape index (κ3) is 3.85. The Kier molecular flexibility index (Phi) is 4.68. The maximum absolute atomic E-state index is 12.1. The van der Waals surface area contributed by atoms with Crippen LogP contribution in [0, 0.1) is 0 Å². The van der Waals surface area contributed by atoms with Crippen LogP contribution in [0.1, 0.15) is 42.5 Å². The summed E-state index contributed by atoms with van der Waals surface area (Å²) in [5.74, 6) is 0.764. The monoisotopic (exact) mass is 295 g/mol. The second-order valence-electron chi connectivity index (χ2n) is 5.73. The first-order valence-electron chi connectivity index (χ1n) is 7.90. The standard InChI is InChI=1S/C18H21N3O/c22-18(14-7-3-1-4-8-14)21-16-11-12-17(19-13-16)20-15-9-5-2-6-10-15/h1,3-4,7-8,11-13,15H,2,5-6,9-10H2,(H,19,20)(H,21,22). The SMILES string of the molecule is O=C(Nc1ccc(NC2CCCCC2)nc1)c1ccccc1. The topological polar surface area (TPSA) is 54.0 Å². The summed E-state index contributed by atoms with van der Waals surface area (Å²) in [6, 6.07) is 13.5. The smallest absolute Gasteiger partial charge is 0.255 e. The zero-order valence-electron chi connectivity index (χ0n) is 12.6. The normalized spacial score (nSPS) is 15.3. The molecule has 114 valence electrons. The summed E-state index contributed by atoms with van der Waals surface area (Å²) in [6.07, 6.45) is 8.07. The molecule has 4 heteroatoms. The summed E-state index contributed by atoms with van der Waals surface area (Å²) in [5.41, 5.74) is 1.36. The number of carbonyl (C=O) groups is 1. The first-order chi connectivity index (χ1) is 10.8. The molecule has 22 heavy (non-hydrogen) atoms. The van der Waals surface area contributed by atoms with Gasteiger partial charge in [0.15, 0.2) is 0 Å². The Balaban J connectivity index is 1.58. The second kappa shape index (κ2) is 7.07. The highest BCUT2D eigenvalue weighted by atomic mass is 16.1. The Bertz CT molecular complexity index is 604. The number of aromatic nitrogens is 1. The molecule has 2 aromatic rings. The fraction of sp³-hybridized carbons (Fsp3) is 0.333. The van der Waals surface area contributed by atoms with Crippen LogP contribution in [0.2, 0.25) is 0 Å². The molecule has 1 saturated carbocycles. The van der Waals surface area contributed by atoms with Gasteiger partial charge in [0, 0.05) is 11.6 Å². The predicted molar refractivity (Wildman–Crippen MR) is 89.1 cm³/mol. The summed E-state index contributed by atoms with van der Waals surface area (Å²) in [7, 11) is 0. The minimum atomic E-state index is -0.115. The molecule has 2 N–H and O–H groups in total. The van der Waals surface area contributed by atoms with Gasteiger partial charge < -0.3 is 10.6 Å². The van der Waals surface area contributed by atoms with Gasteiger partial charge in [-0.2, -0.15) is 0 Å². The number of rotatable bonds is 4. The van der Waals surface area contributed by atoms with Gasteiger partial charge in [-0.05, 0) is 37.1 Å². The summed E-state index contributed by atoms with van der Waals surface area (Å²) < 4.78 is 0. The van der Waals surface area contributed by atoms with E-state index in [2.05, 4.69) is 15.6 Å². The van der Waals surface area contributed by atoms with E-state index in [1.807, 2.05) is 30.3 Å². The Hall–Kier alpha value is -2.36. The Morgan fingerprint density at radius 3 is 2.45 bits per heavy atom. The zero-order chi connectivity index (χ0) is 15.2. The van der Waals surface area contributed by atoms with Crippen molar-refractivity contribution in [3.8, 4) is 0 Å². The molecule has 0 bridgehead atoms. The van der Waals surface area contributed by atoms with Crippen molar-refractivity contribution in [2.24, 2.45) is 0 Å². The van der Waals surface area contributed by atoms with Crippen LogP contribution in [0.25, 0.3) is 0 Å². The van der Waals surface area contributed by atoms with Crippen molar-refractivity contribution in [2.45, 2.75) is 38.1 Å². The van der Waals surface area contributed by atoms with E-state index in [0.717, 1.165) is 5.82 Å². The lowest BCUT2D eigenvalue weighted by atomic mass is 9.95. The number of carbonyl (C=O) groups excluding carboxylic acids is 1. The number of pyridine rings is 1. The molecule has 1 aromatic carbocycles. The van der Waals surface area contributed by atoms with Crippen molar-refractivity contribution in [3.63, 3.8) is 0 Å². The number of hydrogen-bond acceptors (Lipinski definition) is 3. The fourth-order valence-corrected chi connectivity index (χ4v) is 2.80. The van der Waals surface area contributed by atoms with Crippen LogP contribution >= 0.6 is 0 Å². The largest absolute Gasteiger partial charge is 0.367 e. The summed E-state index contributed by atoms with van der Waals surface area (Å²) in [5, 5.41) is 6.33. The lowest BCUT2D eigenvalue weighted by Crippen LogP contribution is -2.22. The van der Waals surface area contributed by atoms with Gasteiger partial charge in [-0.3, -0.25) is 4.79 Å². The van der Waals surface area contributed by atoms with Crippen molar-refractivity contribution >= 4 is 17.4 Å². The van der Waals surface area contributed by atoms with E-state index in [4.69, 9.17) is 0 Å². The quantitative estimate of drug-likeness (QED) is 0.893. The first kappa shape index (κ1) is 14.6. The van der Waals surface area contributed by atoms with Crippen LogP contribution in [-0.4, -0.2) is 16.9 Å². The predicted octanol–water partition coefficient (Wildman–Crippen LogP) is 4.08. The molecule has 4 nitrogen and oxygen atoms in total. The van der Waals surface area contributed by atoms with E-state index in [1.54, 1.807) is 18.3 Å². The molecule has 0 aliphatic heterocycles. The molecule has 1 aliphatic rings. The molecule has 1 heterocycles. The van der Waals surface area contributed by atoms with Crippen LogP contribution in [0.4, 0.5) is 11.5 Å². The molecule has 1 fully saturated rings. The van der Waals surface area contributed by atoms with E-state index in [1.165, 1.54) is 32.1 Å². The second-order valence-corrected chi connectivity index (χ2v) is 5.73. The molecule has 1 aromatic heterocycles. The Morgan fingerprint density at radius 1 is 1.00 bits per heavy atom. The van der Waals surface area contributed by atoms with Crippen molar-refractivity contribution in [2.75, 3.05) is 10.6 Å². The number of benzene rings is 1. The molecule has 1 amide bonds. The van der Waals surface area contributed by atoms with Gasteiger partial charge in [-0.15, -0.1) is 0 Å². The molecule has 1 aliphatic carbocycles. The lowest BCUT2D eigenvalue weighted by molar-refractivity contribution is 0.102. The number of nitrogens with zero attached hydrogens (tertiary/aromatic N) is 1. The van der Waals surface area contributed by atoms with Gasteiger partial charge in [-0.25, -0.2) is 4.98 Å². The van der Waals surface area contributed by atoms with E-state index >= 15 is 0 Å². The Labute approximate surface area is 131 Å². The van der Waals surface area contributed by atoms with E-state index in [0.29, 0.717) is 17.3 Å². The van der Waals surface area contributed by atoms with Crippen molar-refractivity contribution in [3.05, 3.63) is 54.2 Å². The van der Waals surface area contributed by atoms with Gasteiger partial charge in [0.25, 0.3) is 5.91 Å². The molecule has 0 spiro atoms.